The van der Waals surface area contributed by atoms with Crippen molar-refractivity contribution in [2.45, 2.75) is 122 Å². The second-order valence-corrected chi connectivity index (χ2v) is 21.7. The molecule has 73 heavy (non-hydrogen) atoms. The lowest BCUT2D eigenvalue weighted by Crippen LogP contribution is -2.64. The molecule has 0 aliphatic carbocycles. The van der Waals surface area contributed by atoms with Crippen LogP contribution in [0.4, 0.5) is 10.1 Å². The zero-order chi connectivity index (χ0) is 53.0. The summed E-state index contributed by atoms with van der Waals surface area (Å²) in [5.74, 6) is -3.29. The van der Waals surface area contributed by atoms with Crippen molar-refractivity contribution in [1.82, 2.24) is 40.0 Å². The van der Waals surface area contributed by atoms with Crippen LogP contribution in [-0.2, 0) is 51.1 Å². The number of aryl methyl sites for hydroxylation is 1. The topological polar surface area (TPSA) is 171 Å². The number of amides is 4. The Morgan fingerprint density at radius 2 is 1.82 bits per heavy atom. The van der Waals surface area contributed by atoms with Gasteiger partial charge >= 0.3 is 5.97 Å². The Hall–Kier alpha value is -5.69. The van der Waals surface area contributed by atoms with Gasteiger partial charge in [-0.05, 0) is 89.0 Å². The molecule has 3 fully saturated rings. The van der Waals surface area contributed by atoms with Gasteiger partial charge in [0, 0.05) is 113 Å². The molecule has 0 saturated carbocycles. The second kappa shape index (κ2) is 22.8. The average Bonchev–Trinajstić information content (AvgIpc) is 3.67. The smallest absolute Gasteiger partial charge is 0.324 e. The summed E-state index contributed by atoms with van der Waals surface area (Å²) < 4.78 is 37.7. The number of hydrogen-bond acceptors (Lipinski definition) is 12. The third kappa shape index (κ3) is 12.0. The molecular formula is C55H78FN9O8. The van der Waals surface area contributed by atoms with Gasteiger partial charge in [0.2, 0.25) is 11.8 Å². The average molecular weight is 1010 g/mol. The van der Waals surface area contributed by atoms with Crippen LogP contribution in [0.25, 0.3) is 22.2 Å². The maximum atomic E-state index is 16.8. The first-order valence-electron chi connectivity index (χ1n) is 25.9. The first-order valence-corrected chi connectivity index (χ1v) is 25.9. The van der Waals surface area contributed by atoms with E-state index >= 15 is 4.39 Å². The number of carbonyl (C=O) groups is 5. The lowest BCUT2D eigenvalue weighted by Gasteiger charge is -2.44. The van der Waals surface area contributed by atoms with E-state index in [0.717, 1.165) is 44.0 Å². The molecule has 6 heterocycles. The standard InChI is InChI=1S/C55H78FN9O8/c1-12-54-33-43(58-49(67)47(36(3)4)61(10)52(70)55(56)22-27-62(28-23-55)45(66)19-16-25-60(8)9)50(68)65-26-15-18-42(59-65)51(69)72-35-53(6,7)32-41-40-31-38(63(34-54)29-30-73-54)20-21-44(40)64(13-2)48(41)39-17-14-24-57-46(39)37(5)71-11/h12,14,16-17,19-21,24,31,36-37,42-43,47,59H,1,13,15,18,22-23,25-30,32-35H2,2-11H3,(H,58,67)/b19-16+/t37-,42-,43-,47-,54-/m0/s1. The molecule has 5 atom stereocenters. The number of likely N-dealkylation sites (N-methyl/N-ethyl adjacent to an activating group) is 2. The number of methoxy groups -OCH3 is 1. The Balaban J connectivity index is 1.23. The van der Waals surface area contributed by atoms with Crippen molar-refractivity contribution < 1.29 is 42.6 Å². The highest BCUT2D eigenvalue weighted by molar-refractivity contribution is 5.96. The summed E-state index contributed by atoms with van der Waals surface area (Å²) in [6.45, 7) is 18.8. The van der Waals surface area contributed by atoms with E-state index < -0.39 is 64.4 Å². The van der Waals surface area contributed by atoms with Gasteiger partial charge in [0.25, 0.3) is 11.8 Å². The van der Waals surface area contributed by atoms with Crippen LogP contribution in [0.15, 0.2) is 61.3 Å². The first-order chi connectivity index (χ1) is 34.6. The lowest BCUT2D eigenvalue weighted by molar-refractivity contribution is -0.157. The van der Waals surface area contributed by atoms with Crippen LogP contribution in [0.3, 0.4) is 0 Å². The SMILES string of the molecule is C=C[C@@]12C[C@H](NC(=O)[C@H](C(C)C)N(C)C(=O)C3(F)CCN(C(=O)/C=C/CN(C)C)CC3)C(=O)N3CCC[C@H](N3)C(=O)OCC(C)(C)Cc3c(-c4cccnc4[C@H](C)OC)n(CC)c4ccc(cc34)N(CCO1)C2. The monoisotopic (exact) mass is 1010 g/mol. The van der Waals surface area contributed by atoms with Crippen molar-refractivity contribution in [3.63, 3.8) is 0 Å². The number of benzene rings is 1. The van der Waals surface area contributed by atoms with Crippen molar-refractivity contribution in [1.29, 1.82) is 0 Å². The Bertz CT molecular complexity index is 2550. The van der Waals surface area contributed by atoms with Crippen LogP contribution >= 0.6 is 0 Å². The van der Waals surface area contributed by atoms with Gasteiger partial charge in [-0.1, -0.05) is 39.8 Å². The van der Waals surface area contributed by atoms with Gasteiger partial charge in [-0.15, -0.1) is 6.58 Å². The summed E-state index contributed by atoms with van der Waals surface area (Å²) in [5.41, 5.74) is 4.94. The molecule has 4 aliphatic rings. The third-order valence-corrected chi connectivity index (χ3v) is 15.0. The summed E-state index contributed by atoms with van der Waals surface area (Å²) in [7, 11) is 6.86. The molecule has 1 aromatic carbocycles. The van der Waals surface area contributed by atoms with Crippen LogP contribution in [0.1, 0.15) is 91.0 Å². The zero-order valence-corrected chi connectivity index (χ0v) is 44.7. The fourth-order valence-electron chi connectivity index (χ4n) is 11.0. The van der Waals surface area contributed by atoms with E-state index in [-0.39, 0.29) is 70.7 Å². The summed E-state index contributed by atoms with van der Waals surface area (Å²) in [6.07, 6.45) is 7.34. The van der Waals surface area contributed by atoms with E-state index in [1.807, 2.05) is 32.0 Å². The minimum atomic E-state index is -2.32. The zero-order valence-electron chi connectivity index (χ0n) is 44.7. The van der Waals surface area contributed by atoms with Crippen LogP contribution < -0.4 is 15.6 Å². The summed E-state index contributed by atoms with van der Waals surface area (Å²) in [6, 6.07) is 7.19. The number of carbonyl (C=O) groups excluding carboxylic acids is 5. The molecule has 7 rings (SSSR count). The number of piperidine rings is 1. The quantitative estimate of drug-likeness (QED) is 0.123. The number of fused-ring (bicyclic) bond motifs is 6. The molecule has 2 N–H and O–H groups in total. The molecule has 0 spiro atoms. The molecule has 0 unspecified atom stereocenters. The largest absolute Gasteiger partial charge is 0.464 e. The number of hydrogen-bond donors (Lipinski definition) is 2. The van der Waals surface area contributed by atoms with Crippen LogP contribution in [0.5, 0.6) is 0 Å². The highest BCUT2D eigenvalue weighted by Gasteiger charge is 2.48. The summed E-state index contributed by atoms with van der Waals surface area (Å²) in [5, 5.41) is 5.41. The minimum Gasteiger partial charge on any atom is -0.464 e. The summed E-state index contributed by atoms with van der Waals surface area (Å²) in [4.78, 5) is 82.5. The molecular weight excluding hydrogens is 934 g/mol. The number of hydrazine groups is 1. The van der Waals surface area contributed by atoms with E-state index in [2.05, 4.69) is 71.8 Å². The molecule has 6 bridgehead atoms. The van der Waals surface area contributed by atoms with E-state index in [9.17, 15) is 24.0 Å². The number of likely N-dealkylation sites (tertiary alicyclic amines) is 1. The Morgan fingerprint density at radius 3 is 2.49 bits per heavy atom. The van der Waals surface area contributed by atoms with Crippen molar-refractivity contribution in [3.8, 4) is 11.3 Å². The Morgan fingerprint density at radius 1 is 1.08 bits per heavy atom. The molecule has 3 saturated heterocycles. The van der Waals surface area contributed by atoms with E-state index in [1.54, 1.807) is 39.3 Å². The molecule has 18 heteroatoms. The van der Waals surface area contributed by atoms with Crippen molar-refractivity contribution in [2.75, 3.05) is 85.6 Å². The first kappa shape index (κ1) is 55.1. The number of alkyl halides is 1. The van der Waals surface area contributed by atoms with Gasteiger partial charge in [0.1, 0.15) is 23.7 Å². The highest BCUT2D eigenvalue weighted by Crippen LogP contribution is 2.42. The van der Waals surface area contributed by atoms with Crippen molar-refractivity contribution in [3.05, 3.63) is 72.6 Å². The molecule has 3 aromatic rings. The lowest BCUT2D eigenvalue weighted by atomic mass is 9.84. The predicted octanol–water partition coefficient (Wildman–Crippen LogP) is 5.62. The van der Waals surface area contributed by atoms with E-state index in [1.165, 1.54) is 23.0 Å². The highest BCUT2D eigenvalue weighted by atomic mass is 19.1. The van der Waals surface area contributed by atoms with Gasteiger partial charge in [0.15, 0.2) is 5.67 Å². The number of halogens is 1. The number of morpholine rings is 1. The van der Waals surface area contributed by atoms with Gasteiger partial charge in [-0.2, -0.15) is 0 Å². The second-order valence-electron chi connectivity index (χ2n) is 21.7. The van der Waals surface area contributed by atoms with E-state index in [0.29, 0.717) is 38.9 Å². The number of aromatic nitrogens is 2. The number of anilines is 1. The fraction of sp³-hybridized carbons (Fsp3) is 0.600. The molecule has 4 amide bonds. The normalized spacial score (nSPS) is 23.5. The summed E-state index contributed by atoms with van der Waals surface area (Å²) >= 11 is 0. The maximum absolute atomic E-state index is 16.8. The molecule has 17 nitrogen and oxygen atoms in total. The van der Waals surface area contributed by atoms with Crippen molar-refractivity contribution >= 4 is 46.2 Å². The van der Waals surface area contributed by atoms with Gasteiger partial charge in [-0.3, -0.25) is 34.0 Å². The fourth-order valence-corrected chi connectivity index (χ4v) is 11.0. The van der Waals surface area contributed by atoms with Gasteiger partial charge < -0.3 is 43.7 Å². The Labute approximate surface area is 430 Å². The van der Waals surface area contributed by atoms with E-state index in [4.69, 9.17) is 19.2 Å². The number of pyridine rings is 1. The number of nitrogens with one attached hydrogen (secondary N) is 2. The Kier molecular flexibility index (Phi) is 17.2. The van der Waals surface area contributed by atoms with Gasteiger partial charge in [0.05, 0.1) is 37.3 Å². The number of ether oxygens (including phenoxy) is 3. The molecule has 0 radical (unpaired) electrons. The minimum absolute atomic E-state index is 0.0358. The van der Waals surface area contributed by atoms with Crippen LogP contribution in [0, 0.1) is 11.3 Å². The molecule has 4 aliphatic heterocycles. The number of esters is 1. The van der Waals surface area contributed by atoms with Crippen LogP contribution in [0.2, 0.25) is 0 Å². The number of rotatable bonds is 13. The number of nitrogens with zero attached hydrogens (tertiary/aromatic N) is 7. The molecule has 2 aromatic heterocycles. The van der Waals surface area contributed by atoms with Crippen LogP contribution in [-0.4, -0.2) is 169 Å². The maximum Gasteiger partial charge on any atom is 0.324 e. The third-order valence-electron chi connectivity index (χ3n) is 15.0. The van der Waals surface area contributed by atoms with Crippen molar-refractivity contribution in [2.24, 2.45) is 11.3 Å². The predicted molar refractivity (Wildman–Crippen MR) is 279 cm³/mol. The number of cyclic esters (lactones) is 1. The molecule has 398 valence electrons. The van der Waals surface area contributed by atoms with Gasteiger partial charge in [-0.25, -0.2) is 9.82 Å².